The van der Waals surface area contributed by atoms with Gasteiger partial charge in [0.1, 0.15) is 5.82 Å². The van der Waals surface area contributed by atoms with Crippen LogP contribution in [0.3, 0.4) is 0 Å². The molecule has 2 aromatic carbocycles. The molecular formula is C27H35FO4. The van der Waals surface area contributed by atoms with Crippen molar-refractivity contribution in [3.63, 3.8) is 0 Å². The van der Waals surface area contributed by atoms with Crippen LogP contribution in [-0.4, -0.2) is 33.5 Å². The third kappa shape index (κ3) is 6.27. The minimum atomic E-state index is -1.09. The fourth-order valence-corrected chi connectivity index (χ4v) is 4.38. The molecule has 2 aromatic rings. The Balaban J connectivity index is 2.37. The summed E-state index contributed by atoms with van der Waals surface area (Å²) >= 11 is 0. The molecule has 0 amide bonds. The SMILES string of the molecule is CCC(CC)(c1ccc(F)cc1)c1ccc(/C=C/[C@@H](O)C[C@@H](O)CC(=O)O)c(C(C)C)c1. The number of aliphatic hydroxyl groups excluding tert-OH is 2. The normalized spacial score (nSPS) is 14.1. The van der Waals surface area contributed by atoms with Gasteiger partial charge in [-0.15, -0.1) is 0 Å². The van der Waals surface area contributed by atoms with E-state index in [4.69, 9.17) is 5.11 Å². The molecule has 0 saturated heterocycles. The van der Waals surface area contributed by atoms with Gasteiger partial charge in [-0.3, -0.25) is 4.79 Å². The molecule has 4 nitrogen and oxygen atoms in total. The van der Waals surface area contributed by atoms with Crippen molar-refractivity contribution in [1.29, 1.82) is 0 Å². The zero-order valence-corrected chi connectivity index (χ0v) is 19.4. The molecule has 0 aliphatic carbocycles. The minimum Gasteiger partial charge on any atom is -0.481 e. The van der Waals surface area contributed by atoms with Crippen molar-refractivity contribution in [3.05, 3.63) is 76.6 Å². The number of halogens is 1. The summed E-state index contributed by atoms with van der Waals surface area (Å²) in [6, 6.07) is 13.1. The van der Waals surface area contributed by atoms with E-state index in [1.54, 1.807) is 6.08 Å². The molecule has 0 spiro atoms. The molecule has 32 heavy (non-hydrogen) atoms. The molecule has 2 rings (SSSR count). The van der Waals surface area contributed by atoms with E-state index in [1.807, 2.05) is 24.3 Å². The van der Waals surface area contributed by atoms with E-state index in [1.165, 1.54) is 17.7 Å². The van der Waals surface area contributed by atoms with Gasteiger partial charge >= 0.3 is 5.97 Å². The van der Waals surface area contributed by atoms with Gasteiger partial charge in [-0.05, 0) is 53.1 Å². The second-order valence-electron chi connectivity index (χ2n) is 8.71. The molecular weight excluding hydrogens is 407 g/mol. The maximum absolute atomic E-state index is 13.5. The van der Waals surface area contributed by atoms with Gasteiger partial charge in [0.05, 0.1) is 18.6 Å². The lowest BCUT2D eigenvalue weighted by molar-refractivity contribution is -0.139. The Kier molecular flexibility index (Phi) is 9.17. The number of hydrogen-bond donors (Lipinski definition) is 3. The van der Waals surface area contributed by atoms with E-state index in [0.717, 1.165) is 29.5 Å². The summed E-state index contributed by atoms with van der Waals surface area (Å²) in [5.74, 6) is -1.10. The lowest BCUT2D eigenvalue weighted by Crippen LogP contribution is -2.26. The van der Waals surface area contributed by atoms with E-state index in [0.29, 0.717) is 0 Å². The standard InChI is InChI=1S/C27H35FO4/c1-5-27(6-2,20-10-12-22(28)13-11-20)21-9-7-19(25(15-21)18(3)4)8-14-23(29)16-24(30)17-26(31)32/h7-15,18,23-24,29-30H,5-6,16-17H2,1-4H3,(H,31,32)/b14-8+/t23-,24-/m1/s1. The van der Waals surface area contributed by atoms with Gasteiger partial charge in [0.25, 0.3) is 0 Å². The van der Waals surface area contributed by atoms with E-state index < -0.39 is 24.6 Å². The number of aliphatic carboxylic acids is 1. The maximum Gasteiger partial charge on any atom is 0.305 e. The number of hydrogen-bond acceptors (Lipinski definition) is 3. The largest absolute Gasteiger partial charge is 0.481 e. The second kappa shape index (κ2) is 11.4. The lowest BCUT2D eigenvalue weighted by atomic mass is 9.69. The molecule has 174 valence electrons. The first-order valence-corrected chi connectivity index (χ1v) is 11.3. The predicted molar refractivity (Wildman–Crippen MR) is 126 cm³/mol. The molecule has 0 radical (unpaired) electrons. The molecule has 0 unspecified atom stereocenters. The Morgan fingerprint density at radius 2 is 1.62 bits per heavy atom. The zero-order valence-electron chi connectivity index (χ0n) is 19.4. The molecule has 0 heterocycles. The average Bonchev–Trinajstić information content (AvgIpc) is 2.74. The van der Waals surface area contributed by atoms with Gasteiger partial charge in [0, 0.05) is 11.8 Å². The van der Waals surface area contributed by atoms with Gasteiger partial charge in [-0.1, -0.05) is 70.2 Å². The predicted octanol–water partition coefficient (Wildman–Crippen LogP) is 5.66. The van der Waals surface area contributed by atoms with E-state index in [-0.39, 0.29) is 23.6 Å². The quantitative estimate of drug-likeness (QED) is 0.420. The smallest absolute Gasteiger partial charge is 0.305 e. The molecule has 5 heteroatoms. The van der Waals surface area contributed by atoms with Gasteiger partial charge in [-0.2, -0.15) is 0 Å². The van der Waals surface area contributed by atoms with Crippen LogP contribution in [0.1, 0.15) is 81.5 Å². The fourth-order valence-electron chi connectivity index (χ4n) is 4.38. The number of benzene rings is 2. The maximum atomic E-state index is 13.5. The van der Waals surface area contributed by atoms with Crippen molar-refractivity contribution in [3.8, 4) is 0 Å². The number of carbonyl (C=O) groups is 1. The van der Waals surface area contributed by atoms with Crippen LogP contribution >= 0.6 is 0 Å². The number of aliphatic hydroxyl groups is 2. The van der Waals surface area contributed by atoms with Gasteiger partial charge in [-0.25, -0.2) is 4.39 Å². The lowest BCUT2D eigenvalue weighted by Gasteiger charge is -2.34. The van der Waals surface area contributed by atoms with Gasteiger partial charge in [0.2, 0.25) is 0 Å². The highest BCUT2D eigenvalue weighted by atomic mass is 19.1. The average molecular weight is 443 g/mol. The third-order valence-corrected chi connectivity index (χ3v) is 6.29. The van der Waals surface area contributed by atoms with E-state index in [9.17, 15) is 19.4 Å². The van der Waals surface area contributed by atoms with Gasteiger partial charge < -0.3 is 15.3 Å². The summed E-state index contributed by atoms with van der Waals surface area (Å²) in [6.07, 6.45) is 2.73. The van der Waals surface area contributed by atoms with Crippen LogP contribution in [0.4, 0.5) is 4.39 Å². The zero-order chi connectivity index (χ0) is 23.9. The van der Waals surface area contributed by atoms with Crippen LogP contribution in [0.15, 0.2) is 48.5 Å². The summed E-state index contributed by atoms with van der Waals surface area (Å²) in [6.45, 7) is 8.52. The van der Waals surface area contributed by atoms with Crippen molar-refractivity contribution in [2.24, 2.45) is 0 Å². The molecule has 3 N–H and O–H groups in total. The highest BCUT2D eigenvalue weighted by Crippen LogP contribution is 2.40. The number of rotatable bonds is 11. The second-order valence-corrected chi connectivity index (χ2v) is 8.71. The Hall–Kier alpha value is -2.50. The monoisotopic (exact) mass is 442 g/mol. The minimum absolute atomic E-state index is 0.0305. The Labute approximate surface area is 190 Å². The summed E-state index contributed by atoms with van der Waals surface area (Å²) in [5.41, 5.74) is 4.14. The van der Waals surface area contributed by atoms with Crippen molar-refractivity contribution in [1.82, 2.24) is 0 Å². The van der Waals surface area contributed by atoms with Crippen LogP contribution in [0.5, 0.6) is 0 Å². The number of carboxylic acid groups (broad SMARTS) is 1. The summed E-state index contributed by atoms with van der Waals surface area (Å²) < 4.78 is 13.5. The van der Waals surface area contributed by atoms with Gasteiger partial charge in [0.15, 0.2) is 0 Å². The van der Waals surface area contributed by atoms with Crippen molar-refractivity contribution in [2.75, 3.05) is 0 Å². The van der Waals surface area contributed by atoms with E-state index >= 15 is 0 Å². The number of carboxylic acids is 1. The Morgan fingerprint density at radius 3 is 2.16 bits per heavy atom. The summed E-state index contributed by atoms with van der Waals surface area (Å²) in [7, 11) is 0. The van der Waals surface area contributed by atoms with Crippen LogP contribution in [0, 0.1) is 5.82 Å². The molecule has 0 bridgehead atoms. The Bertz CT molecular complexity index is 914. The van der Waals surface area contributed by atoms with Crippen LogP contribution in [0.2, 0.25) is 0 Å². The van der Waals surface area contributed by atoms with Crippen LogP contribution < -0.4 is 0 Å². The van der Waals surface area contributed by atoms with Crippen molar-refractivity contribution >= 4 is 12.0 Å². The topological polar surface area (TPSA) is 77.8 Å². The van der Waals surface area contributed by atoms with Crippen molar-refractivity contribution in [2.45, 2.75) is 76.9 Å². The first-order valence-electron chi connectivity index (χ1n) is 11.3. The molecule has 0 fully saturated rings. The molecule has 0 aromatic heterocycles. The van der Waals surface area contributed by atoms with E-state index in [2.05, 4.69) is 39.8 Å². The van der Waals surface area contributed by atoms with Crippen molar-refractivity contribution < 1.29 is 24.5 Å². The molecule has 0 aliphatic heterocycles. The molecule has 2 atom stereocenters. The fraction of sp³-hybridized carbons (Fsp3) is 0.444. The Morgan fingerprint density at radius 1 is 1.03 bits per heavy atom. The van der Waals surface area contributed by atoms with Crippen LogP contribution in [-0.2, 0) is 10.2 Å². The molecule has 0 aliphatic rings. The highest BCUT2D eigenvalue weighted by molar-refractivity contribution is 5.67. The first kappa shape index (κ1) is 25.8. The highest BCUT2D eigenvalue weighted by Gasteiger charge is 2.31. The first-order chi connectivity index (χ1) is 15.1. The summed E-state index contributed by atoms with van der Waals surface area (Å²) in [5, 5.41) is 28.7. The molecule has 0 saturated carbocycles. The van der Waals surface area contributed by atoms with Crippen LogP contribution in [0.25, 0.3) is 6.08 Å². The summed E-state index contributed by atoms with van der Waals surface area (Å²) in [4.78, 5) is 10.7. The third-order valence-electron chi connectivity index (χ3n) is 6.29.